The van der Waals surface area contributed by atoms with E-state index in [4.69, 9.17) is 19.0 Å². The highest BCUT2D eigenvalue weighted by atomic mass is 16.6. The Morgan fingerprint density at radius 3 is 2.80 bits per heavy atom. The van der Waals surface area contributed by atoms with Crippen LogP contribution >= 0.6 is 0 Å². The Morgan fingerprint density at radius 1 is 1.11 bits per heavy atom. The van der Waals surface area contributed by atoms with Crippen molar-refractivity contribution in [3.63, 3.8) is 0 Å². The van der Waals surface area contributed by atoms with Crippen LogP contribution in [0.4, 0.5) is 0 Å². The molecule has 35 heavy (non-hydrogen) atoms. The van der Waals surface area contributed by atoms with Gasteiger partial charge >= 0.3 is 5.97 Å². The van der Waals surface area contributed by atoms with E-state index in [1.54, 1.807) is 18.2 Å². The third-order valence-corrected chi connectivity index (χ3v) is 6.30. The average Bonchev–Trinajstić information content (AvgIpc) is 2.91. The Balaban J connectivity index is 1.29. The molecule has 0 spiro atoms. The maximum absolute atomic E-state index is 12.2. The first kappa shape index (κ1) is 24.7. The number of hydrogen-bond acceptors (Lipinski definition) is 7. The van der Waals surface area contributed by atoms with Crippen LogP contribution in [0.1, 0.15) is 52.7 Å². The molecule has 8 nitrogen and oxygen atoms in total. The number of ether oxygens (including phenoxy) is 3. The fraction of sp³-hybridized carbons (Fsp3) is 0.444. The summed E-state index contributed by atoms with van der Waals surface area (Å²) in [6.07, 6.45) is 4.67. The highest BCUT2D eigenvalue weighted by Gasteiger charge is 2.18. The lowest BCUT2D eigenvalue weighted by Gasteiger charge is -2.22. The molecular formula is C27H32N2O6. The lowest BCUT2D eigenvalue weighted by molar-refractivity contribution is -0.123. The average molecular weight is 481 g/mol. The maximum atomic E-state index is 12.2. The van der Waals surface area contributed by atoms with Gasteiger partial charge in [0.05, 0.1) is 18.4 Å². The predicted octanol–water partition coefficient (Wildman–Crippen LogP) is 3.65. The zero-order valence-corrected chi connectivity index (χ0v) is 20.1. The maximum Gasteiger partial charge on any atom is 0.337 e. The molecule has 186 valence electrons. The molecule has 1 amide bonds. The van der Waals surface area contributed by atoms with E-state index in [-0.39, 0.29) is 25.1 Å². The van der Waals surface area contributed by atoms with Crippen LogP contribution in [0.3, 0.4) is 0 Å². The van der Waals surface area contributed by atoms with Crippen molar-refractivity contribution in [1.82, 2.24) is 5.32 Å². The standard InChI is InChI=1S/C27H32N2O6/c1-32-27(31)22-6-2-4-20(14-22)17-35-29-25-7-3-5-21-15-23(8-9-24(21)25)34-18-26(30)28-16-19-10-12-33-13-11-19/h2,4,6,8-9,14-15,19H,3,5,7,10-13,16-18H2,1H3,(H,28,30)/b29-25-. The van der Waals surface area contributed by atoms with Gasteiger partial charge in [0.25, 0.3) is 5.91 Å². The van der Waals surface area contributed by atoms with Gasteiger partial charge in [-0.05, 0) is 79.5 Å². The smallest absolute Gasteiger partial charge is 0.337 e. The number of nitrogens with zero attached hydrogens (tertiary/aromatic N) is 1. The summed E-state index contributed by atoms with van der Waals surface area (Å²) in [6.45, 7) is 2.46. The molecule has 8 heteroatoms. The van der Waals surface area contributed by atoms with Crippen LogP contribution in [0.5, 0.6) is 5.75 Å². The molecule has 0 atom stereocenters. The van der Waals surface area contributed by atoms with Gasteiger partial charge in [0.15, 0.2) is 6.61 Å². The van der Waals surface area contributed by atoms with Crippen LogP contribution in [0, 0.1) is 5.92 Å². The van der Waals surface area contributed by atoms with E-state index in [0.717, 1.165) is 67.7 Å². The minimum atomic E-state index is -0.380. The summed E-state index contributed by atoms with van der Waals surface area (Å²) in [5.41, 5.74) is 4.37. The van der Waals surface area contributed by atoms with Crippen LogP contribution in [-0.2, 0) is 32.1 Å². The first-order valence-electron chi connectivity index (χ1n) is 12.1. The number of methoxy groups -OCH3 is 1. The third kappa shape index (κ3) is 7.05. The first-order valence-corrected chi connectivity index (χ1v) is 12.1. The van der Waals surface area contributed by atoms with Crippen molar-refractivity contribution in [3.05, 3.63) is 64.7 Å². The summed E-state index contributed by atoms with van der Waals surface area (Å²) >= 11 is 0. The van der Waals surface area contributed by atoms with E-state index in [0.29, 0.717) is 23.8 Å². The quantitative estimate of drug-likeness (QED) is 0.435. The van der Waals surface area contributed by atoms with E-state index in [9.17, 15) is 9.59 Å². The zero-order valence-electron chi connectivity index (χ0n) is 20.1. The Morgan fingerprint density at radius 2 is 1.97 bits per heavy atom. The SMILES string of the molecule is COC(=O)c1cccc(CO/N=C2/CCCc3cc(OCC(=O)NCC4CCOCC4)ccc32)c1. The molecule has 2 aromatic carbocycles. The summed E-state index contributed by atoms with van der Waals surface area (Å²) in [5.74, 6) is 0.662. The molecule has 1 aliphatic heterocycles. The van der Waals surface area contributed by atoms with E-state index in [1.807, 2.05) is 24.3 Å². The molecule has 0 aromatic heterocycles. The fourth-order valence-electron chi connectivity index (χ4n) is 4.32. The molecule has 2 aliphatic rings. The molecule has 0 radical (unpaired) electrons. The topological polar surface area (TPSA) is 95.5 Å². The monoisotopic (exact) mass is 480 g/mol. The van der Waals surface area contributed by atoms with Gasteiger partial charge in [0.1, 0.15) is 12.4 Å². The van der Waals surface area contributed by atoms with Crippen molar-refractivity contribution in [3.8, 4) is 5.75 Å². The molecule has 1 fully saturated rings. The summed E-state index contributed by atoms with van der Waals surface area (Å²) < 4.78 is 15.9. The van der Waals surface area contributed by atoms with Crippen LogP contribution in [0.15, 0.2) is 47.6 Å². The highest BCUT2D eigenvalue weighted by molar-refractivity contribution is 6.02. The van der Waals surface area contributed by atoms with Crippen molar-refractivity contribution in [2.24, 2.45) is 11.1 Å². The molecule has 4 rings (SSSR count). The predicted molar refractivity (Wildman–Crippen MR) is 131 cm³/mol. The van der Waals surface area contributed by atoms with Crippen LogP contribution in [0.2, 0.25) is 0 Å². The van der Waals surface area contributed by atoms with E-state index >= 15 is 0 Å². The number of hydrogen-bond donors (Lipinski definition) is 1. The van der Waals surface area contributed by atoms with Gasteiger partial charge in [-0.3, -0.25) is 4.79 Å². The summed E-state index contributed by atoms with van der Waals surface area (Å²) in [7, 11) is 1.36. The van der Waals surface area contributed by atoms with Crippen LogP contribution in [-0.4, -0.2) is 51.1 Å². The minimum Gasteiger partial charge on any atom is -0.484 e. The Labute approximate surface area is 205 Å². The number of carbonyl (C=O) groups is 2. The van der Waals surface area contributed by atoms with E-state index < -0.39 is 0 Å². The van der Waals surface area contributed by atoms with E-state index in [1.165, 1.54) is 7.11 Å². The van der Waals surface area contributed by atoms with Gasteiger partial charge in [0.2, 0.25) is 0 Å². The Bertz CT molecular complexity index is 1060. The number of benzene rings is 2. The molecule has 1 saturated heterocycles. The number of aryl methyl sites for hydroxylation is 1. The van der Waals surface area contributed by atoms with Gasteiger partial charge in [-0.1, -0.05) is 17.3 Å². The summed E-state index contributed by atoms with van der Waals surface area (Å²) in [6, 6.07) is 12.9. The fourth-order valence-corrected chi connectivity index (χ4v) is 4.32. The lowest BCUT2D eigenvalue weighted by atomic mass is 9.90. The van der Waals surface area contributed by atoms with Crippen LogP contribution in [0.25, 0.3) is 0 Å². The van der Waals surface area contributed by atoms with Crippen molar-refractivity contribution in [2.45, 2.75) is 38.7 Å². The van der Waals surface area contributed by atoms with Gasteiger partial charge < -0.3 is 24.4 Å². The number of carbonyl (C=O) groups excluding carboxylic acids is 2. The lowest BCUT2D eigenvalue weighted by Crippen LogP contribution is -2.35. The molecule has 0 saturated carbocycles. The Hall–Kier alpha value is -3.39. The minimum absolute atomic E-state index is 0.00327. The molecule has 0 unspecified atom stereocenters. The molecule has 1 heterocycles. The number of nitrogens with one attached hydrogen (secondary N) is 1. The van der Waals surface area contributed by atoms with Gasteiger partial charge in [-0.25, -0.2) is 4.79 Å². The molecule has 0 bridgehead atoms. The van der Waals surface area contributed by atoms with Gasteiger partial charge in [-0.15, -0.1) is 0 Å². The molecule has 1 aliphatic carbocycles. The second-order valence-electron chi connectivity index (χ2n) is 8.82. The molecule has 2 aromatic rings. The number of oxime groups is 1. The summed E-state index contributed by atoms with van der Waals surface area (Å²) in [5, 5.41) is 7.33. The second-order valence-corrected chi connectivity index (χ2v) is 8.82. The van der Waals surface area contributed by atoms with Gasteiger partial charge in [-0.2, -0.15) is 0 Å². The first-order chi connectivity index (χ1) is 17.1. The number of rotatable bonds is 9. The normalized spacial score (nSPS) is 16.9. The van der Waals surface area contributed by atoms with Crippen molar-refractivity contribution < 1.29 is 28.6 Å². The third-order valence-electron chi connectivity index (χ3n) is 6.30. The van der Waals surface area contributed by atoms with Crippen molar-refractivity contribution >= 4 is 17.6 Å². The van der Waals surface area contributed by atoms with Gasteiger partial charge in [0, 0.05) is 25.3 Å². The van der Waals surface area contributed by atoms with Crippen LogP contribution < -0.4 is 10.1 Å². The molecular weight excluding hydrogens is 448 g/mol. The number of esters is 1. The van der Waals surface area contributed by atoms with Crippen molar-refractivity contribution in [2.75, 3.05) is 33.5 Å². The largest absolute Gasteiger partial charge is 0.484 e. The van der Waals surface area contributed by atoms with E-state index in [2.05, 4.69) is 10.5 Å². The summed E-state index contributed by atoms with van der Waals surface area (Å²) in [4.78, 5) is 29.5. The zero-order chi connectivity index (χ0) is 24.5. The number of amides is 1. The molecule has 1 N–H and O–H groups in total. The Kier molecular flexibility index (Phi) is 8.73. The second kappa shape index (κ2) is 12.4. The van der Waals surface area contributed by atoms with Crippen molar-refractivity contribution in [1.29, 1.82) is 0 Å². The number of fused-ring (bicyclic) bond motifs is 1. The highest BCUT2D eigenvalue weighted by Crippen LogP contribution is 2.26.